The summed E-state index contributed by atoms with van der Waals surface area (Å²) in [5.41, 5.74) is 8.47. The van der Waals surface area contributed by atoms with Gasteiger partial charge in [0.1, 0.15) is 12.4 Å². The fraction of sp³-hybridized carbons (Fsp3) is 0.288. The van der Waals surface area contributed by atoms with E-state index in [9.17, 15) is 9.90 Å². The Morgan fingerprint density at radius 2 is 1.48 bits per heavy atom. The molecule has 5 heterocycles. The smallest absolute Gasteiger partial charge is 0.335 e. The Hall–Kier alpha value is -6.89. The van der Waals surface area contributed by atoms with Crippen LogP contribution >= 0.6 is 0 Å². The molecule has 1 saturated heterocycles. The normalized spacial score (nSPS) is 16.8. The lowest BCUT2D eigenvalue weighted by atomic mass is 9.92. The quantitative estimate of drug-likeness (QED) is 0.130. The van der Waals surface area contributed by atoms with E-state index in [4.69, 9.17) is 18.9 Å². The third-order valence-electron chi connectivity index (χ3n) is 12.9. The summed E-state index contributed by atoms with van der Waals surface area (Å²) in [4.78, 5) is 48.5. The van der Waals surface area contributed by atoms with Crippen molar-refractivity contribution in [1.82, 2.24) is 14.4 Å². The molecule has 0 bridgehead atoms. The van der Waals surface area contributed by atoms with E-state index >= 15 is 9.59 Å². The number of hydrogen-bond acceptors (Lipinski definition) is 8. The highest BCUT2D eigenvalue weighted by atomic mass is 16.7. The zero-order valence-electron chi connectivity index (χ0n) is 35.6. The van der Waals surface area contributed by atoms with Crippen molar-refractivity contribution in [2.75, 3.05) is 44.5 Å². The van der Waals surface area contributed by atoms with Gasteiger partial charge in [0.25, 0.3) is 11.8 Å². The van der Waals surface area contributed by atoms with E-state index in [1.54, 1.807) is 29.2 Å². The van der Waals surface area contributed by atoms with Gasteiger partial charge in [-0.05, 0) is 103 Å². The number of morpholine rings is 1. The summed E-state index contributed by atoms with van der Waals surface area (Å²) < 4.78 is 25.8. The number of nitrogens with zero attached hydrogens (tertiary/aromatic N) is 4. The monoisotopic (exact) mass is 858 g/mol. The lowest BCUT2D eigenvalue weighted by molar-refractivity contribution is 0.0193. The molecule has 4 aliphatic rings. The molecule has 1 atom stereocenters. The summed E-state index contributed by atoms with van der Waals surface area (Å²) in [5.74, 6) is 0.426. The van der Waals surface area contributed by atoms with Crippen LogP contribution in [0.2, 0.25) is 0 Å². The van der Waals surface area contributed by atoms with Crippen LogP contribution in [0, 0.1) is 0 Å². The molecule has 1 N–H and O–H groups in total. The fourth-order valence-electron chi connectivity index (χ4n) is 9.46. The number of aromatic carboxylic acids is 1. The number of carboxylic acids is 1. The predicted octanol–water partition coefficient (Wildman–Crippen LogP) is 8.24. The standard InChI is InChI=1S/C52H50N4O8/c57-50(56-31-39-11-5-4-10-38(39)26-41(56)32-53-22-24-61-25-23-53)44-29-49-48(63-34-64-49)28-43(44)47-27-45(46-12-6-7-21-54(46)47)51(58)55(30-35-13-15-37(16-14-35)52(59)60)40-17-19-42(20-18-40)62-33-36-8-2-1-3-9-36/h1-5,8-11,13-20,27-29,41H,6-7,12,21-26,30-34H2,(H,59,60)/t41-/m0/s1. The van der Waals surface area contributed by atoms with Gasteiger partial charge in [0.15, 0.2) is 11.5 Å². The molecule has 0 radical (unpaired) electrons. The molecule has 0 saturated carbocycles. The lowest BCUT2D eigenvalue weighted by Crippen LogP contribution is -2.52. The molecule has 0 spiro atoms. The number of amides is 2. The second-order valence-corrected chi connectivity index (χ2v) is 16.9. The molecule has 2 amide bonds. The molecule has 0 aliphatic carbocycles. The van der Waals surface area contributed by atoms with Gasteiger partial charge < -0.3 is 38.4 Å². The molecule has 12 heteroatoms. The zero-order valence-corrected chi connectivity index (χ0v) is 35.6. The van der Waals surface area contributed by atoms with Crippen LogP contribution < -0.4 is 19.1 Å². The molecule has 64 heavy (non-hydrogen) atoms. The van der Waals surface area contributed by atoms with Crippen molar-refractivity contribution in [2.24, 2.45) is 0 Å². The third kappa shape index (κ3) is 8.46. The van der Waals surface area contributed by atoms with Crippen LogP contribution in [0.1, 0.15) is 71.9 Å². The first-order chi connectivity index (χ1) is 31.4. The Morgan fingerprint density at radius 3 is 2.25 bits per heavy atom. The molecule has 1 fully saturated rings. The van der Waals surface area contributed by atoms with Crippen molar-refractivity contribution < 1.29 is 38.4 Å². The minimum absolute atomic E-state index is 0.0532. The van der Waals surface area contributed by atoms with E-state index in [1.165, 1.54) is 5.56 Å². The van der Waals surface area contributed by atoms with Gasteiger partial charge in [-0.3, -0.25) is 14.5 Å². The summed E-state index contributed by atoms with van der Waals surface area (Å²) in [5, 5.41) is 9.60. The Morgan fingerprint density at radius 1 is 0.750 bits per heavy atom. The van der Waals surface area contributed by atoms with Gasteiger partial charge in [-0.25, -0.2) is 4.79 Å². The molecule has 5 aromatic carbocycles. The summed E-state index contributed by atoms with van der Waals surface area (Å²) in [6.45, 7) is 5.53. The van der Waals surface area contributed by atoms with Crippen LogP contribution in [0.3, 0.4) is 0 Å². The SMILES string of the molecule is O=C(O)c1ccc(CN(C(=O)c2cc(-c3cc4c(cc3C(=O)N3Cc5ccccc5C[C@H]3CN3CCOCC3)OCO4)n3c2CCCC3)c2ccc(OCc3ccccc3)cc2)cc1. The highest BCUT2D eigenvalue weighted by molar-refractivity contribution is 6.09. The van der Waals surface area contributed by atoms with Crippen LogP contribution in [-0.4, -0.2) is 82.9 Å². The molecule has 10 rings (SSSR count). The third-order valence-corrected chi connectivity index (χ3v) is 12.9. The number of carbonyl (C=O) groups is 3. The van der Waals surface area contributed by atoms with Gasteiger partial charge in [-0.15, -0.1) is 0 Å². The van der Waals surface area contributed by atoms with Gasteiger partial charge in [-0.1, -0.05) is 66.7 Å². The molecule has 12 nitrogen and oxygen atoms in total. The van der Waals surface area contributed by atoms with E-state index in [0.29, 0.717) is 79.0 Å². The van der Waals surface area contributed by atoms with Crippen molar-refractivity contribution >= 4 is 23.5 Å². The molecular weight excluding hydrogens is 809 g/mol. The van der Waals surface area contributed by atoms with Crippen molar-refractivity contribution in [3.63, 3.8) is 0 Å². The van der Waals surface area contributed by atoms with Crippen molar-refractivity contribution in [2.45, 2.75) is 58.0 Å². The molecule has 326 valence electrons. The van der Waals surface area contributed by atoms with Crippen LogP contribution in [-0.2, 0) is 43.8 Å². The number of hydrogen-bond donors (Lipinski definition) is 1. The Labute approximate surface area is 372 Å². The van der Waals surface area contributed by atoms with Crippen molar-refractivity contribution in [3.05, 3.63) is 166 Å². The van der Waals surface area contributed by atoms with E-state index in [0.717, 1.165) is 67.0 Å². The second kappa shape index (κ2) is 18.1. The lowest BCUT2D eigenvalue weighted by Gasteiger charge is -2.40. The number of benzene rings is 5. The summed E-state index contributed by atoms with van der Waals surface area (Å²) in [7, 11) is 0. The number of aromatic nitrogens is 1. The predicted molar refractivity (Wildman–Crippen MR) is 241 cm³/mol. The Balaban J connectivity index is 1.02. The number of carboxylic acid groups (broad SMARTS) is 1. The minimum atomic E-state index is -1.02. The highest BCUT2D eigenvalue weighted by Crippen LogP contribution is 2.42. The molecule has 4 aliphatic heterocycles. The minimum Gasteiger partial charge on any atom is -0.489 e. The van der Waals surface area contributed by atoms with Gasteiger partial charge in [0.05, 0.1) is 36.4 Å². The highest BCUT2D eigenvalue weighted by Gasteiger charge is 2.36. The molecule has 6 aromatic rings. The van der Waals surface area contributed by atoms with Gasteiger partial charge in [0.2, 0.25) is 6.79 Å². The second-order valence-electron chi connectivity index (χ2n) is 16.9. The molecule has 0 unspecified atom stereocenters. The maximum atomic E-state index is 15.3. The van der Waals surface area contributed by atoms with Crippen LogP contribution in [0.4, 0.5) is 5.69 Å². The molecular formula is C52H50N4O8. The van der Waals surface area contributed by atoms with Crippen LogP contribution in [0.25, 0.3) is 11.3 Å². The van der Waals surface area contributed by atoms with Crippen molar-refractivity contribution in [3.8, 4) is 28.5 Å². The number of fused-ring (bicyclic) bond motifs is 3. The first-order valence-electron chi connectivity index (χ1n) is 22.1. The van der Waals surface area contributed by atoms with Crippen LogP contribution in [0.15, 0.2) is 121 Å². The largest absolute Gasteiger partial charge is 0.489 e. The fourth-order valence-corrected chi connectivity index (χ4v) is 9.46. The number of rotatable bonds is 12. The van der Waals surface area contributed by atoms with Crippen molar-refractivity contribution in [1.29, 1.82) is 0 Å². The Bertz CT molecular complexity index is 2670. The average Bonchev–Trinajstić information content (AvgIpc) is 3.97. The average molecular weight is 859 g/mol. The maximum absolute atomic E-state index is 15.3. The first kappa shape index (κ1) is 41.1. The maximum Gasteiger partial charge on any atom is 0.335 e. The topological polar surface area (TPSA) is 123 Å². The first-order valence-corrected chi connectivity index (χ1v) is 22.1. The number of ether oxygens (including phenoxy) is 4. The van der Waals surface area contributed by atoms with E-state index in [-0.39, 0.29) is 36.8 Å². The number of anilines is 1. The van der Waals surface area contributed by atoms with Gasteiger partial charge in [0, 0.05) is 61.4 Å². The number of carbonyl (C=O) groups excluding carboxylic acids is 2. The van der Waals surface area contributed by atoms with E-state index in [2.05, 4.69) is 27.7 Å². The summed E-state index contributed by atoms with van der Waals surface area (Å²) in [6.07, 6.45) is 3.27. The van der Waals surface area contributed by atoms with Gasteiger partial charge in [-0.2, -0.15) is 0 Å². The van der Waals surface area contributed by atoms with Crippen LogP contribution in [0.5, 0.6) is 17.2 Å². The van der Waals surface area contributed by atoms with E-state index in [1.807, 2.05) is 83.8 Å². The van der Waals surface area contributed by atoms with E-state index < -0.39 is 5.97 Å². The zero-order chi connectivity index (χ0) is 43.6. The molecule has 1 aromatic heterocycles. The summed E-state index contributed by atoms with van der Waals surface area (Å²) in [6, 6.07) is 38.0. The van der Waals surface area contributed by atoms with Gasteiger partial charge >= 0.3 is 5.97 Å². The Kier molecular flexibility index (Phi) is 11.6. The summed E-state index contributed by atoms with van der Waals surface area (Å²) >= 11 is 0.